The summed E-state index contributed by atoms with van der Waals surface area (Å²) in [4.78, 5) is 4.27. The molecule has 0 spiro atoms. The van der Waals surface area contributed by atoms with Gasteiger partial charge in [-0.15, -0.1) is 0 Å². The van der Waals surface area contributed by atoms with Crippen LogP contribution in [0.1, 0.15) is 30.0 Å². The van der Waals surface area contributed by atoms with Crippen molar-refractivity contribution in [2.75, 3.05) is 4.72 Å². The number of imidazole rings is 1. The first-order valence-electron chi connectivity index (χ1n) is 8.15. The first-order chi connectivity index (χ1) is 11.9. The molecule has 1 aliphatic heterocycles. The van der Waals surface area contributed by atoms with Crippen molar-refractivity contribution in [1.82, 2.24) is 19.7 Å². The fraction of sp³-hybridized carbons (Fsp3) is 0.375. The molecule has 0 amide bonds. The summed E-state index contributed by atoms with van der Waals surface area (Å²) in [6.45, 7) is 4.44. The van der Waals surface area contributed by atoms with Gasteiger partial charge < -0.3 is 8.98 Å². The van der Waals surface area contributed by atoms with Gasteiger partial charge in [-0.3, -0.25) is 9.82 Å². The van der Waals surface area contributed by atoms with Crippen LogP contribution < -0.4 is 4.72 Å². The Hall–Kier alpha value is -2.55. The van der Waals surface area contributed by atoms with E-state index in [1.165, 1.54) is 0 Å². The number of fused-ring (bicyclic) bond motifs is 1. The lowest BCUT2D eigenvalue weighted by atomic mass is 10.2. The summed E-state index contributed by atoms with van der Waals surface area (Å²) in [5, 5.41) is 6.94. The highest BCUT2D eigenvalue weighted by Gasteiger charge is 2.24. The van der Waals surface area contributed by atoms with Gasteiger partial charge in [0.2, 0.25) is 0 Å². The number of aryl methyl sites for hydroxylation is 3. The predicted molar refractivity (Wildman–Crippen MR) is 91.7 cm³/mol. The van der Waals surface area contributed by atoms with Crippen LogP contribution in [0.4, 0.5) is 5.82 Å². The van der Waals surface area contributed by atoms with Crippen LogP contribution in [0.25, 0.3) is 11.5 Å². The molecular formula is C16H19N5O3S. The van der Waals surface area contributed by atoms with Gasteiger partial charge in [0, 0.05) is 24.7 Å². The van der Waals surface area contributed by atoms with Crippen molar-refractivity contribution in [2.24, 2.45) is 0 Å². The molecule has 3 aromatic heterocycles. The number of furan rings is 1. The number of nitrogens with one attached hydrogen (secondary N) is 2. The summed E-state index contributed by atoms with van der Waals surface area (Å²) in [5.41, 5.74) is 1.32. The molecule has 2 N–H and O–H groups in total. The number of H-pyrrole nitrogens is 1. The molecule has 1 aliphatic rings. The summed E-state index contributed by atoms with van der Waals surface area (Å²) in [6, 6.07) is 3.66. The second-order valence-corrected chi connectivity index (χ2v) is 7.86. The van der Waals surface area contributed by atoms with Crippen molar-refractivity contribution < 1.29 is 12.8 Å². The fourth-order valence-corrected chi connectivity index (χ4v) is 4.05. The fourth-order valence-electron chi connectivity index (χ4n) is 3.00. The average molecular weight is 361 g/mol. The molecule has 0 aliphatic carbocycles. The molecule has 4 heterocycles. The van der Waals surface area contributed by atoms with E-state index in [9.17, 15) is 8.42 Å². The quantitative estimate of drug-likeness (QED) is 0.743. The summed E-state index contributed by atoms with van der Waals surface area (Å²) in [5.74, 6) is 2.45. The number of aromatic nitrogens is 4. The number of nitrogens with zero attached hydrogens (tertiary/aromatic N) is 3. The lowest BCUT2D eigenvalue weighted by Crippen LogP contribution is -2.14. The summed E-state index contributed by atoms with van der Waals surface area (Å²) in [7, 11) is -3.79. The maximum atomic E-state index is 12.7. The average Bonchev–Trinajstić information content (AvgIpc) is 3.27. The lowest BCUT2D eigenvalue weighted by Gasteiger charge is -2.11. The Labute approximate surface area is 145 Å². The molecule has 0 radical (unpaired) electrons. The number of sulfonamides is 1. The van der Waals surface area contributed by atoms with E-state index in [2.05, 4.69) is 19.9 Å². The van der Waals surface area contributed by atoms with E-state index in [-0.39, 0.29) is 10.8 Å². The third kappa shape index (κ3) is 2.84. The Morgan fingerprint density at radius 2 is 2.12 bits per heavy atom. The topological polar surface area (TPSA) is 106 Å². The van der Waals surface area contributed by atoms with Crippen molar-refractivity contribution in [3.05, 3.63) is 35.5 Å². The molecule has 0 saturated carbocycles. The predicted octanol–water partition coefficient (Wildman–Crippen LogP) is 2.62. The number of hydrogen-bond donors (Lipinski definition) is 2. The highest BCUT2D eigenvalue weighted by atomic mass is 32.2. The normalized spacial score (nSPS) is 14.5. The Morgan fingerprint density at radius 3 is 2.84 bits per heavy atom. The minimum atomic E-state index is -3.79. The molecule has 132 valence electrons. The highest BCUT2D eigenvalue weighted by molar-refractivity contribution is 7.92. The zero-order chi connectivity index (χ0) is 17.6. The first kappa shape index (κ1) is 15.9. The molecule has 0 saturated heterocycles. The standard InChI is InChI=1S/C16H19N5O3S/c1-10-6-7-12(24-10)15-11(2)16(19-18-15)20-25(22,23)14-9-21-8-4-3-5-13(21)17-14/h6-7,9H,3-5,8H2,1-2H3,(H2,18,19,20). The first-order valence-corrected chi connectivity index (χ1v) is 9.63. The van der Waals surface area contributed by atoms with Crippen LogP contribution in [-0.4, -0.2) is 28.2 Å². The third-order valence-electron chi connectivity index (χ3n) is 4.39. The molecule has 9 heteroatoms. The van der Waals surface area contributed by atoms with Gasteiger partial charge in [0.05, 0.1) is 0 Å². The maximum absolute atomic E-state index is 12.7. The Kier molecular flexibility index (Phi) is 3.68. The molecule has 0 fully saturated rings. The molecule has 0 aromatic carbocycles. The zero-order valence-corrected chi connectivity index (χ0v) is 14.9. The van der Waals surface area contributed by atoms with Crippen molar-refractivity contribution in [2.45, 2.75) is 44.7 Å². The van der Waals surface area contributed by atoms with Gasteiger partial charge in [-0.05, 0) is 38.8 Å². The second kappa shape index (κ2) is 5.76. The van der Waals surface area contributed by atoms with Gasteiger partial charge in [-0.2, -0.15) is 13.5 Å². The molecule has 8 nitrogen and oxygen atoms in total. The van der Waals surface area contributed by atoms with Crippen molar-refractivity contribution in [3.8, 4) is 11.5 Å². The van der Waals surface area contributed by atoms with Gasteiger partial charge in [0.25, 0.3) is 10.0 Å². The molecule has 3 aromatic rings. The minimum absolute atomic E-state index is 0.0298. The SMILES string of the molecule is Cc1ccc(-c2[nH]nc(NS(=O)(=O)c3cn4c(n3)CCCC4)c2C)o1. The van der Waals surface area contributed by atoms with E-state index < -0.39 is 10.0 Å². The van der Waals surface area contributed by atoms with E-state index in [0.29, 0.717) is 17.0 Å². The number of hydrogen-bond acceptors (Lipinski definition) is 5. The van der Waals surface area contributed by atoms with Gasteiger partial charge in [0.1, 0.15) is 17.3 Å². The van der Waals surface area contributed by atoms with Crippen LogP contribution in [-0.2, 0) is 23.0 Å². The van der Waals surface area contributed by atoms with E-state index in [1.807, 2.05) is 23.6 Å². The second-order valence-electron chi connectivity index (χ2n) is 6.23. The summed E-state index contributed by atoms with van der Waals surface area (Å²) >= 11 is 0. The third-order valence-corrected chi connectivity index (χ3v) is 5.60. The van der Waals surface area contributed by atoms with Gasteiger partial charge in [0.15, 0.2) is 16.6 Å². The van der Waals surface area contributed by atoms with Crippen LogP contribution in [0.15, 0.2) is 27.8 Å². The molecular weight excluding hydrogens is 342 g/mol. The summed E-state index contributed by atoms with van der Waals surface area (Å²) in [6.07, 6.45) is 4.48. The molecule has 0 atom stereocenters. The molecule has 25 heavy (non-hydrogen) atoms. The molecule has 4 rings (SSSR count). The van der Waals surface area contributed by atoms with Crippen molar-refractivity contribution in [3.63, 3.8) is 0 Å². The van der Waals surface area contributed by atoms with E-state index in [4.69, 9.17) is 4.42 Å². The van der Waals surface area contributed by atoms with Gasteiger partial charge in [-0.1, -0.05) is 0 Å². The molecule has 0 unspecified atom stereocenters. The van der Waals surface area contributed by atoms with Crippen LogP contribution in [0.3, 0.4) is 0 Å². The smallest absolute Gasteiger partial charge is 0.282 e. The molecule has 0 bridgehead atoms. The van der Waals surface area contributed by atoms with Crippen molar-refractivity contribution >= 4 is 15.8 Å². The van der Waals surface area contributed by atoms with E-state index in [0.717, 1.165) is 37.4 Å². The minimum Gasteiger partial charge on any atom is -0.460 e. The zero-order valence-electron chi connectivity index (χ0n) is 14.0. The maximum Gasteiger partial charge on any atom is 0.282 e. The Morgan fingerprint density at radius 1 is 1.28 bits per heavy atom. The van der Waals surface area contributed by atoms with Crippen LogP contribution >= 0.6 is 0 Å². The van der Waals surface area contributed by atoms with Crippen LogP contribution in [0, 0.1) is 13.8 Å². The number of rotatable bonds is 4. The van der Waals surface area contributed by atoms with Crippen LogP contribution in [0.5, 0.6) is 0 Å². The Bertz CT molecular complexity index is 1000. The lowest BCUT2D eigenvalue weighted by molar-refractivity contribution is 0.522. The van der Waals surface area contributed by atoms with E-state index >= 15 is 0 Å². The monoisotopic (exact) mass is 361 g/mol. The number of aromatic amines is 1. The van der Waals surface area contributed by atoms with E-state index in [1.54, 1.807) is 13.1 Å². The number of anilines is 1. The van der Waals surface area contributed by atoms with Crippen molar-refractivity contribution in [1.29, 1.82) is 0 Å². The highest BCUT2D eigenvalue weighted by Crippen LogP contribution is 2.28. The van der Waals surface area contributed by atoms with Gasteiger partial charge in [-0.25, -0.2) is 4.98 Å². The largest absolute Gasteiger partial charge is 0.460 e. The Balaban J connectivity index is 1.63. The van der Waals surface area contributed by atoms with Gasteiger partial charge >= 0.3 is 0 Å². The summed E-state index contributed by atoms with van der Waals surface area (Å²) < 4.78 is 35.3. The van der Waals surface area contributed by atoms with Crippen LogP contribution in [0.2, 0.25) is 0 Å².